The summed E-state index contributed by atoms with van der Waals surface area (Å²) < 4.78 is 1.43. The van der Waals surface area contributed by atoms with Crippen LogP contribution in [0.4, 0.5) is 5.69 Å². The summed E-state index contributed by atoms with van der Waals surface area (Å²) >= 11 is 6.25. The maximum Gasteiger partial charge on any atom is 0.270 e. The average Bonchev–Trinajstić information content (AvgIpc) is 2.92. The molecular weight excluding hydrogens is 318 g/mol. The molecule has 0 bridgehead atoms. The Hall–Kier alpha value is -2.99. The summed E-state index contributed by atoms with van der Waals surface area (Å²) in [5, 5.41) is 15.4. The van der Waals surface area contributed by atoms with Gasteiger partial charge in [0.1, 0.15) is 10.8 Å². The summed E-state index contributed by atoms with van der Waals surface area (Å²) in [5.41, 5.74) is 1.56. The SMILES string of the molecule is O=Cc1c(-c2cccc([N+](=O)[O-])c2)nn(-c2ccccc2)c1Cl. The van der Waals surface area contributed by atoms with E-state index in [4.69, 9.17) is 11.6 Å². The van der Waals surface area contributed by atoms with Crippen LogP contribution in [-0.2, 0) is 0 Å². The summed E-state index contributed by atoms with van der Waals surface area (Å²) in [6.07, 6.45) is 0.600. The van der Waals surface area contributed by atoms with Crippen LogP contribution in [0.5, 0.6) is 0 Å². The van der Waals surface area contributed by atoms with Crippen molar-refractivity contribution in [3.05, 3.63) is 75.4 Å². The van der Waals surface area contributed by atoms with Gasteiger partial charge in [-0.25, -0.2) is 4.68 Å². The van der Waals surface area contributed by atoms with Gasteiger partial charge in [-0.15, -0.1) is 0 Å². The first-order chi connectivity index (χ1) is 11.1. The van der Waals surface area contributed by atoms with Gasteiger partial charge in [-0.3, -0.25) is 14.9 Å². The highest BCUT2D eigenvalue weighted by molar-refractivity contribution is 6.32. The third-order valence-corrected chi connectivity index (χ3v) is 3.68. The molecule has 3 aromatic rings. The molecule has 2 aromatic carbocycles. The Bertz CT molecular complexity index is 891. The van der Waals surface area contributed by atoms with E-state index in [0.29, 0.717) is 23.2 Å². The van der Waals surface area contributed by atoms with Gasteiger partial charge in [-0.2, -0.15) is 5.10 Å². The van der Waals surface area contributed by atoms with Crippen LogP contribution >= 0.6 is 11.6 Å². The smallest absolute Gasteiger partial charge is 0.270 e. The van der Waals surface area contributed by atoms with Gasteiger partial charge in [0.25, 0.3) is 5.69 Å². The van der Waals surface area contributed by atoms with Crippen molar-refractivity contribution < 1.29 is 9.72 Å². The van der Waals surface area contributed by atoms with Gasteiger partial charge in [-0.1, -0.05) is 41.9 Å². The van der Waals surface area contributed by atoms with Crippen molar-refractivity contribution in [3.63, 3.8) is 0 Å². The molecule has 0 saturated carbocycles. The Balaban J connectivity index is 2.19. The lowest BCUT2D eigenvalue weighted by molar-refractivity contribution is -0.384. The first-order valence-electron chi connectivity index (χ1n) is 6.65. The average molecular weight is 328 g/mol. The first kappa shape index (κ1) is 14.9. The molecular formula is C16H10ClN3O3. The van der Waals surface area contributed by atoms with E-state index in [2.05, 4.69) is 5.10 Å². The van der Waals surface area contributed by atoms with Gasteiger partial charge in [0.05, 0.1) is 16.2 Å². The van der Waals surface area contributed by atoms with E-state index in [-0.39, 0.29) is 16.4 Å². The molecule has 0 aliphatic heterocycles. The van der Waals surface area contributed by atoms with Crippen LogP contribution in [-0.4, -0.2) is 21.0 Å². The Morgan fingerprint density at radius 1 is 1.13 bits per heavy atom. The largest absolute Gasteiger partial charge is 0.298 e. The zero-order valence-electron chi connectivity index (χ0n) is 11.7. The summed E-state index contributed by atoms with van der Waals surface area (Å²) in [7, 11) is 0. The third kappa shape index (κ3) is 2.72. The zero-order chi connectivity index (χ0) is 16.4. The van der Waals surface area contributed by atoms with Crippen molar-refractivity contribution in [3.8, 4) is 16.9 Å². The second kappa shape index (κ2) is 6.02. The third-order valence-electron chi connectivity index (χ3n) is 3.31. The number of benzene rings is 2. The summed E-state index contributed by atoms with van der Waals surface area (Å²) in [4.78, 5) is 21.8. The maximum atomic E-state index is 11.4. The number of non-ortho nitro benzene ring substituents is 1. The zero-order valence-corrected chi connectivity index (χ0v) is 12.5. The molecule has 0 atom stereocenters. The fraction of sp³-hybridized carbons (Fsp3) is 0. The summed E-state index contributed by atoms with van der Waals surface area (Å²) in [6.45, 7) is 0. The highest BCUT2D eigenvalue weighted by Gasteiger charge is 2.19. The van der Waals surface area contributed by atoms with E-state index in [0.717, 1.165) is 0 Å². The number of nitro benzene ring substituents is 1. The van der Waals surface area contributed by atoms with Crippen molar-refractivity contribution >= 4 is 23.6 Å². The summed E-state index contributed by atoms with van der Waals surface area (Å²) in [6, 6.07) is 15.0. The van der Waals surface area contributed by atoms with Crippen LogP contribution in [0.3, 0.4) is 0 Å². The van der Waals surface area contributed by atoms with Gasteiger partial charge in [-0.05, 0) is 12.1 Å². The number of aromatic nitrogens is 2. The molecule has 3 rings (SSSR count). The van der Waals surface area contributed by atoms with E-state index in [1.807, 2.05) is 18.2 Å². The predicted molar refractivity (Wildman–Crippen MR) is 86.1 cm³/mol. The normalized spacial score (nSPS) is 10.5. The van der Waals surface area contributed by atoms with Gasteiger partial charge < -0.3 is 0 Å². The molecule has 7 heteroatoms. The number of aldehydes is 1. The molecule has 0 fully saturated rings. The van der Waals surface area contributed by atoms with Crippen molar-refractivity contribution in [2.75, 3.05) is 0 Å². The Kier molecular flexibility index (Phi) is 3.91. The fourth-order valence-electron chi connectivity index (χ4n) is 2.23. The minimum atomic E-state index is -0.500. The molecule has 0 amide bonds. The van der Waals surface area contributed by atoms with Crippen LogP contribution in [0.15, 0.2) is 54.6 Å². The standard InChI is InChI=1S/C16H10ClN3O3/c17-16-14(10-21)15(11-5-4-8-13(9-11)20(22)23)18-19(16)12-6-2-1-3-7-12/h1-10H. The monoisotopic (exact) mass is 327 g/mol. The summed E-state index contributed by atoms with van der Waals surface area (Å²) in [5.74, 6) is 0. The number of nitro groups is 1. The van der Waals surface area contributed by atoms with E-state index >= 15 is 0 Å². The number of halogens is 1. The lowest BCUT2D eigenvalue weighted by Crippen LogP contribution is -1.96. The van der Waals surface area contributed by atoms with Crippen LogP contribution in [0.2, 0.25) is 5.15 Å². The van der Waals surface area contributed by atoms with Crippen molar-refractivity contribution in [1.29, 1.82) is 0 Å². The second-order valence-electron chi connectivity index (χ2n) is 4.73. The quantitative estimate of drug-likeness (QED) is 0.413. The molecule has 23 heavy (non-hydrogen) atoms. The van der Waals surface area contributed by atoms with Crippen LogP contribution in [0.25, 0.3) is 16.9 Å². The molecule has 114 valence electrons. The number of carbonyl (C=O) groups is 1. The van der Waals surface area contributed by atoms with E-state index < -0.39 is 4.92 Å². The van der Waals surface area contributed by atoms with Crippen LogP contribution in [0, 0.1) is 10.1 Å². The van der Waals surface area contributed by atoms with Crippen LogP contribution < -0.4 is 0 Å². The number of nitrogens with zero attached hydrogens (tertiary/aromatic N) is 3. The number of hydrogen-bond donors (Lipinski definition) is 0. The van der Waals surface area contributed by atoms with Gasteiger partial charge in [0.2, 0.25) is 0 Å². The second-order valence-corrected chi connectivity index (χ2v) is 5.08. The molecule has 0 aliphatic carbocycles. The molecule has 0 saturated heterocycles. The molecule has 1 heterocycles. The molecule has 0 unspecified atom stereocenters. The molecule has 0 N–H and O–H groups in total. The number of para-hydroxylation sites is 1. The van der Waals surface area contributed by atoms with Gasteiger partial charge in [0, 0.05) is 17.7 Å². The minimum absolute atomic E-state index is 0.0790. The highest BCUT2D eigenvalue weighted by atomic mass is 35.5. The van der Waals surface area contributed by atoms with Crippen molar-refractivity contribution in [1.82, 2.24) is 9.78 Å². The lowest BCUT2D eigenvalue weighted by Gasteiger charge is -2.01. The fourth-order valence-corrected chi connectivity index (χ4v) is 2.50. The van der Waals surface area contributed by atoms with E-state index in [1.54, 1.807) is 18.2 Å². The molecule has 0 radical (unpaired) electrons. The Morgan fingerprint density at radius 3 is 2.52 bits per heavy atom. The maximum absolute atomic E-state index is 11.4. The number of carbonyl (C=O) groups excluding carboxylic acids is 1. The first-order valence-corrected chi connectivity index (χ1v) is 7.03. The topological polar surface area (TPSA) is 78.0 Å². The number of hydrogen-bond acceptors (Lipinski definition) is 4. The van der Waals surface area contributed by atoms with Gasteiger partial charge in [0.15, 0.2) is 6.29 Å². The van der Waals surface area contributed by atoms with Crippen LogP contribution in [0.1, 0.15) is 10.4 Å². The Morgan fingerprint density at radius 2 is 1.87 bits per heavy atom. The van der Waals surface area contributed by atoms with E-state index in [1.165, 1.54) is 22.9 Å². The lowest BCUT2D eigenvalue weighted by atomic mass is 10.1. The molecule has 0 spiro atoms. The number of rotatable bonds is 4. The van der Waals surface area contributed by atoms with Crippen molar-refractivity contribution in [2.24, 2.45) is 0 Å². The van der Waals surface area contributed by atoms with E-state index in [9.17, 15) is 14.9 Å². The molecule has 1 aromatic heterocycles. The molecule has 0 aliphatic rings. The van der Waals surface area contributed by atoms with Crippen molar-refractivity contribution in [2.45, 2.75) is 0 Å². The predicted octanol–water partition coefficient (Wildman–Crippen LogP) is 3.91. The highest BCUT2D eigenvalue weighted by Crippen LogP contribution is 2.31. The Labute approximate surface area is 136 Å². The minimum Gasteiger partial charge on any atom is -0.298 e. The van der Waals surface area contributed by atoms with Gasteiger partial charge >= 0.3 is 0 Å². The molecule has 6 nitrogen and oxygen atoms in total.